The molecule has 0 aliphatic carbocycles. The zero-order chi connectivity index (χ0) is 15.3. The number of aryl methyl sites for hydroxylation is 1. The highest BCUT2D eigenvalue weighted by atomic mass is 35.5. The average molecular weight is 339 g/mol. The molecule has 0 radical (unpaired) electrons. The lowest BCUT2D eigenvalue weighted by atomic mass is 10.1. The van der Waals surface area contributed by atoms with Crippen LogP contribution in [-0.2, 0) is 15.4 Å². The molecule has 0 fully saturated rings. The molecule has 1 unspecified atom stereocenters. The standard InChI is InChI=1S/C13H18Cl2NO3S/c1-4-20(5-2)19-12(8-16(17)18)13-10(14)6-9(3)7-11(13)15/h6-7,12H,4-5,8H2,1-3H3/q+1. The molecule has 20 heavy (non-hydrogen) atoms. The zero-order valence-corrected chi connectivity index (χ0v) is 14.0. The third-order valence-corrected chi connectivity index (χ3v) is 5.17. The van der Waals surface area contributed by atoms with Crippen molar-refractivity contribution in [2.24, 2.45) is 0 Å². The molecule has 0 aliphatic heterocycles. The summed E-state index contributed by atoms with van der Waals surface area (Å²) in [6.07, 6.45) is -0.714. The third-order valence-electron chi connectivity index (χ3n) is 2.76. The van der Waals surface area contributed by atoms with Crippen LogP contribution in [0.5, 0.6) is 0 Å². The Labute approximate surface area is 132 Å². The van der Waals surface area contributed by atoms with Crippen LogP contribution in [-0.4, -0.2) is 23.0 Å². The molecule has 0 saturated carbocycles. The fourth-order valence-electron chi connectivity index (χ4n) is 1.83. The lowest BCUT2D eigenvalue weighted by Crippen LogP contribution is -2.22. The molecule has 112 valence electrons. The van der Waals surface area contributed by atoms with Gasteiger partial charge in [-0.15, -0.1) is 0 Å². The van der Waals surface area contributed by atoms with Crippen molar-refractivity contribution in [3.63, 3.8) is 0 Å². The molecule has 1 atom stereocenters. The molecule has 1 rings (SSSR count). The van der Waals surface area contributed by atoms with Crippen molar-refractivity contribution >= 4 is 34.4 Å². The molecule has 0 heterocycles. The predicted molar refractivity (Wildman–Crippen MR) is 85.3 cm³/mol. The largest absolute Gasteiger partial charge is 0.264 e. The van der Waals surface area contributed by atoms with E-state index in [-0.39, 0.29) is 17.7 Å². The normalized spacial score (nSPS) is 12.7. The summed E-state index contributed by atoms with van der Waals surface area (Å²) in [6, 6.07) is 3.49. The maximum atomic E-state index is 10.9. The Morgan fingerprint density at radius 1 is 1.30 bits per heavy atom. The SMILES string of the molecule is CC[S+](CC)OC(C[N+](=O)[O-])c1c(Cl)cc(C)cc1Cl. The van der Waals surface area contributed by atoms with Crippen LogP contribution in [0, 0.1) is 17.0 Å². The van der Waals surface area contributed by atoms with Crippen molar-refractivity contribution in [1.29, 1.82) is 0 Å². The summed E-state index contributed by atoms with van der Waals surface area (Å²) in [6.45, 7) is 5.52. The molecule has 4 nitrogen and oxygen atoms in total. The quantitative estimate of drug-likeness (QED) is 0.425. The fourth-order valence-corrected chi connectivity index (χ4v) is 3.83. The minimum atomic E-state index is -0.714. The van der Waals surface area contributed by atoms with Crippen LogP contribution in [0.4, 0.5) is 0 Å². The third kappa shape index (κ3) is 4.81. The van der Waals surface area contributed by atoms with Crippen molar-refractivity contribution in [3.8, 4) is 0 Å². The Hall–Kier alpha value is -0.490. The van der Waals surface area contributed by atoms with Gasteiger partial charge in [0, 0.05) is 20.5 Å². The molecule has 0 N–H and O–H groups in total. The van der Waals surface area contributed by atoms with Crippen molar-refractivity contribution in [2.75, 3.05) is 18.1 Å². The van der Waals surface area contributed by atoms with E-state index in [2.05, 4.69) is 0 Å². The van der Waals surface area contributed by atoms with Gasteiger partial charge in [-0.25, -0.2) is 0 Å². The van der Waals surface area contributed by atoms with E-state index in [0.717, 1.165) is 17.1 Å². The summed E-state index contributed by atoms with van der Waals surface area (Å²) < 4.78 is 5.86. The maximum absolute atomic E-state index is 10.9. The molecule has 7 heteroatoms. The molecule has 0 amide bonds. The monoisotopic (exact) mass is 338 g/mol. The Bertz CT molecular complexity index is 458. The molecule has 0 bridgehead atoms. The van der Waals surface area contributed by atoms with Gasteiger partial charge in [0.1, 0.15) is 22.7 Å². The number of hydrogen-bond donors (Lipinski definition) is 0. The number of halogens is 2. The van der Waals surface area contributed by atoms with Gasteiger partial charge < -0.3 is 0 Å². The van der Waals surface area contributed by atoms with E-state index in [4.69, 9.17) is 27.4 Å². The summed E-state index contributed by atoms with van der Waals surface area (Å²) in [5.74, 6) is 1.62. The highest BCUT2D eigenvalue weighted by Gasteiger charge is 2.32. The predicted octanol–water partition coefficient (Wildman–Crippen LogP) is 4.21. The number of hydrogen-bond acceptors (Lipinski definition) is 3. The Morgan fingerprint density at radius 2 is 1.80 bits per heavy atom. The lowest BCUT2D eigenvalue weighted by molar-refractivity contribution is -0.489. The fraction of sp³-hybridized carbons (Fsp3) is 0.538. The Kier molecular flexibility index (Phi) is 7.09. The first-order valence-electron chi connectivity index (χ1n) is 6.30. The van der Waals surface area contributed by atoms with E-state index in [1.165, 1.54) is 0 Å². The second kappa shape index (κ2) is 8.08. The summed E-state index contributed by atoms with van der Waals surface area (Å²) in [5, 5.41) is 11.7. The molecule has 0 saturated heterocycles. The Morgan fingerprint density at radius 3 is 2.20 bits per heavy atom. The van der Waals surface area contributed by atoms with E-state index in [1.807, 2.05) is 20.8 Å². The van der Waals surface area contributed by atoms with Gasteiger partial charge in [0.25, 0.3) is 0 Å². The van der Waals surface area contributed by atoms with E-state index < -0.39 is 11.0 Å². The number of rotatable bonds is 7. The minimum Gasteiger partial charge on any atom is -0.264 e. The lowest BCUT2D eigenvalue weighted by Gasteiger charge is -2.16. The smallest absolute Gasteiger partial charge is 0.239 e. The summed E-state index contributed by atoms with van der Waals surface area (Å²) in [4.78, 5) is 10.5. The molecule has 0 aromatic heterocycles. The van der Waals surface area contributed by atoms with Crippen LogP contribution in [0.3, 0.4) is 0 Å². The average Bonchev–Trinajstić information content (AvgIpc) is 2.33. The van der Waals surface area contributed by atoms with Gasteiger partial charge in [0.2, 0.25) is 12.6 Å². The van der Waals surface area contributed by atoms with E-state index in [1.54, 1.807) is 12.1 Å². The maximum Gasteiger partial charge on any atom is 0.239 e. The van der Waals surface area contributed by atoms with Gasteiger partial charge >= 0.3 is 0 Å². The zero-order valence-electron chi connectivity index (χ0n) is 11.7. The van der Waals surface area contributed by atoms with Crippen molar-refractivity contribution in [2.45, 2.75) is 26.9 Å². The molecule has 0 aliphatic rings. The molecule has 0 spiro atoms. The van der Waals surface area contributed by atoms with Crippen molar-refractivity contribution in [1.82, 2.24) is 0 Å². The van der Waals surface area contributed by atoms with Crippen LogP contribution in [0.25, 0.3) is 0 Å². The topological polar surface area (TPSA) is 52.4 Å². The molecular weight excluding hydrogens is 321 g/mol. The highest BCUT2D eigenvalue weighted by Crippen LogP contribution is 2.35. The Balaban J connectivity index is 3.13. The number of nitrogens with zero attached hydrogens (tertiary/aromatic N) is 1. The first-order valence-corrected chi connectivity index (χ1v) is 8.55. The summed E-state index contributed by atoms with van der Waals surface area (Å²) in [5.41, 5.74) is 1.42. The van der Waals surface area contributed by atoms with E-state index in [9.17, 15) is 10.1 Å². The molecule has 1 aromatic carbocycles. The van der Waals surface area contributed by atoms with Crippen molar-refractivity contribution in [3.05, 3.63) is 43.4 Å². The van der Waals surface area contributed by atoms with Gasteiger partial charge in [-0.2, -0.15) is 4.18 Å². The molecular formula is C13H18Cl2NO3S+. The number of benzene rings is 1. The second-order valence-electron chi connectivity index (χ2n) is 4.26. The summed E-state index contributed by atoms with van der Waals surface area (Å²) in [7, 11) is 0. The van der Waals surface area contributed by atoms with Crippen molar-refractivity contribution < 1.29 is 9.11 Å². The van der Waals surface area contributed by atoms with Crippen LogP contribution in [0.15, 0.2) is 12.1 Å². The van der Waals surface area contributed by atoms with Crippen LogP contribution in [0.2, 0.25) is 10.0 Å². The van der Waals surface area contributed by atoms with Gasteiger partial charge in [0.15, 0.2) is 0 Å². The van der Waals surface area contributed by atoms with E-state index in [0.29, 0.717) is 15.6 Å². The van der Waals surface area contributed by atoms with Gasteiger partial charge in [0.05, 0.1) is 0 Å². The van der Waals surface area contributed by atoms with Crippen LogP contribution < -0.4 is 0 Å². The van der Waals surface area contributed by atoms with Crippen LogP contribution in [0.1, 0.15) is 31.1 Å². The first-order chi connectivity index (χ1) is 9.38. The highest BCUT2D eigenvalue weighted by molar-refractivity contribution is 7.92. The van der Waals surface area contributed by atoms with Gasteiger partial charge in [-0.1, -0.05) is 23.2 Å². The van der Waals surface area contributed by atoms with Crippen LogP contribution >= 0.6 is 23.2 Å². The molecule has 1 aromatic rings. The van der Waals surface area contributed by atoms with Gasteiger partial charge in [-0.05, 0) is 38.5 Å². The number of nitro groups is 1. The van der Waals surface area contributed by atoms with Gasteiger partial charge in [-0.3, -0.25) is 10.1 Å². The minimum absolute atomic E-state index is 0.329. The summed E-state index contributed by atoms with van der Waals surface area (Å²) >= 11 is 12.1. The first kappa shape index (κ1) is 17.6. The van der Waals surface area contributed by atoms with E-state index >= 15 is 0 Å². The second-order valence-corrected chi connectivity index (χ2v) is 7.30.